The number of benzene rings is 4. The molecule has 1 atom stereocenters. The first-order chi connectivity index (χ1) is 28.1. The van der Waals surface area contributed by atoms with Gasteiger partial charge in [-0.3, -0.25) is 48.8 Å². The summed E-state index contributed by atoms with van der Waals surface area (Å²) in [5.74, 6) is -3.50. The van der Waals surface area contributed by atoms with Crippen LogP contribution in [-0.2, 0) is 14.4 Å². The van der Waals surface area contributed by atoms with Crippen LogP contribution in [0.3, 0.4) is 0 Å². The van der Waals surface area contributed by atoms with E-state index in [0.29, 0.717) is 48.3 Å². The smallest absolute Gasteiger partial charge is 0.266 e. The zero-order valence-electron chi connectivity index (χ0n) is 31.4. The third-order valence-corrected chi connectivity index (χ3v) is 9.86. The molecule has 4 aromatic carbocycles. The largest absolute Gasteiger partial charge is 0.483 e. The van der Waals surface area contributed by atoms with Gasteiger partial charge in [-0.25, -0.2) is 0 Å². The van der Waals surface area contributed by atoms with Crippen molar-refractivity contribution in [3.05, 3.63) is 119 Å². The first-order valence-corrected chi connectivity index (χ1v) is 18.7. The molecule has 1 fully saturated rings. The van der Waals surface area contributed by atoms with Crippen LogP contribution in [0.1, 0.15) is 67.1 Å². The Kier molecular flexibility index (Phi) is 11.5. The minimum atomic E-state index is -1.11. The van der Waals surface area contributed by atoms with Gasteiger partial charge in [-0.15, -0.1) is 0 Å². The number of rotatable bonds is 14. The number of anilines is 2. The Balaban J connectivity index is 0.879. The van der Waals surface area contributed by atoms with Crippen molar-refractivity contribution in [2.75, 3.05) is 32.1 Å². The second-order valence-corrected chi connectivity index (χ2v) is 13.7. The van der Waals surface area contributed by atoms with E-state index in [9.17, 15) is 33.6 Å². The highest BCUT2D eigenvalue weighted by Crippen LogP contribution is 2.35. The fourth-order valence-corrected chi connectivity index (χ4v) is 6.87. The molecule has 15 nitrogen and oxygen atoms in total. The SMILES string of the molecule is CNC(=O)c1cnc2ccc(-c3ccc(C(=O)NCCCCNC(=O)COc4cccc5c4C(=O)N(C4CCC(=O)NC4=O)C5=O)cc3)cc2c1Nc1ccccc1. The van der Waals surface area contributed by atoms with Crippen LogP contribution in [-0.4, -0.2) is 84.0 Å². The van der Waals surface area contributed by atoms with Crippen LogP contribution in [0.5, 0.6) is 5.75 Å². The molecule has 0 bridgehead atoms. The minimum absolute atomic E-state index is 0.000409. The van der Waals surface area contributed by atoms with E-state index in [4.69, 9.17) is 4.74 Å². The molecule has 15 heteroatoms. The third-order valence-electron chi connectivity index (χ3n) is 9.86. The molecule has 1 saturated heterocycles. The van der Waals surface area contributed by atoms with Gasteiger partial charge in [0.2, 0.25) is 11.8 Å². The van der Waals surface area contributed by atoms with E-state index in [1.165, 1.54) is 18.2 Å². The molecular weight excluding hydrogens is 743 g/mol. The Labute approximate surface area is 332 Å². The number of nitrogens with one attached hydrogen (secondary N) is 5. The number of piperidine rings is 1. The number of carbonyl (C=O) groups is 7. The van der Waals surface area contributed by atoms with Crippen LogP contribution in [0.15, 0.2) is 97.2 Å². The predicted molar refractivity (Wildman–Crippen MR) is 213 cm³/mol. The van der Waals surface area contributed by atoms with Crippen LogP contribution >= 0.6 is 0 Å². The van der Waals surface area contributed by atoms with Crippen molar-refractivity contribution < 1.29 is 38.3 Å². The van der Waals surface area contributed by atoms with E-state index < -0.39 is 42.2 Å². The molecule has 5 N–H and O–H groups in total. The van der Waals surface area contributed by atoms with E-state index in [-0.39, 0.29) is 41.5 Å². The van der Waals surface area contributed by atoms with Crippen LogP contribution in [0, 0.1) is 0 Å². The van der Waals surface area contributed by atoms with Crippen molar-refractivity contribution in [3.63, 3.8) is 0 Å². The van der Waals surface area contributed by atoms with Gasteiger partial charge in [-0.1, -0.05) is 42.5 Å². The standard InChI is InChI=1S/C43H39N7O8/c1-44-40(54)31-23-47-32-17-16-27(22-30(32)38(31)48-28-8-3-2-4-9-28)25-12-14-26(15-13-25)39(53)46-21-6-5-20-45-36(52)24-58-34-11-7-10-29-37(34)43(57)50(42(29)56)33-18-19-35(51)49-41(33)55/h2-4,7-17,22-23,33H,5-6,18-21,24H2,1H3,(H,44,54)(H,45,52)(H,46,53)(H,47,48)(H,49,51,55). The zero-order chi connectivity index (χ0) is 40.8. The number of hydrogen-bond acceptors (Lipinski definition) is 10. The highest BCUT2D eigenvalue weighted by atomic mass is 16.5. The van der Waals surface area contributed by atoms with Gasteiger partial charge < -0.3 is 26.0 Å². The number of aromatic nitrogens is 1. The van der Waals surface area contributed by atoms with Gasteiger partial charge in [0.15, 0.2) is 6.61 Å². The molecule has 58 heavy (non-hydrogen) atoms. The van der Waals surface area contributed by atoms with Crippen molar-refractivity contribution in [2.24, 2.45) is 0 Å². The average Bonchev–Trinajstić information content (AvgIpc) is 3.50. The molecule has 2 aliphatic rings. The topological polar surface area (TPSA) is 205 Å². The van der Waals surface area contributed by atoms with Gasteiger partial charge in [0.1, 0.15) is 11.8 Å². The van der Waals surface area contributed by atoms with E-state index >= 15 is 0 Å². The Morgan fingerprint density at radius 2 is 1.57 bits per heavy atom. The fraction of sp³-hybridized carbons (Fsp3) is 0.209. The Morgan fingerprint density at radius 3 is 2.31 bits per heavy atom. The number of fused-ring (bicyclic) bond motifs is 2. The minimum Gasteiger partial charge on any atom is -0.483 e. The summed E-state index contributed by atoms with van der Waals surface area (Å²) >= 11 is 0. The summed E-state index contributed by atoms with van der Waals surface area (Å²) in [7, 11) is 1.57. The van der Waals surface area contributed by atoms with Gasteiger partial charge in [0.05, 0.1) is 27.9 Å². The molecule has 7 rings (SSSR count). The van der Waals surface area contributed by atoms with E-state index in [1.54, 1.807) is 25.4 Å². The van der Waals surface area contributed by atoms with Crippen molar-refractivity contribution in [1.29, 1.82) is 0 Å². The number of para-hydroxylation sites is 1. The highest BCUT2D eigenvalue weighted by Gasteiger charge is 2.46. The number of nitrogens with zero attached hydrogens (tertiary/aromatic N) is 2. The normalized spacial score (nSPS) is 14.8. The number of pyridine rings is 1. The first kappa shape index (κ1) is 38.8. The van der Waals surface area contributed by atoms with Crippen molar-refractivity contribution in [3.8, 4) is 16.9 Å². The summed E-state index contributed by atoms with van der Waals surface area (Å²) in [5, 5.41) is 14.6. The lowest BCUT2D eigenvalue weighted by Crippen LogP contribution is -2.54. The van der Waals surface area contributed by atoms with Gasteiger partial charge in [-0.05, 0) is 78.9 Å². The van der Waals surface area contributed by atoms with E-state index in [2.05, 4.69) is 31.6 Å². The number of unbranched alkanes of at least 4 members (excludes halogenated alkanes) is 1. The average molecular weight is 782 g/mol. The first-order valence-electron chi connectivity index (χ1n) is 18.7. The molecule has 0 spiro atoms. The molecule has 0 saturated carbocycles. The van der Waals surface area contributed by atoms with Crippen LogP contribution in [0.4, 0.5) is 11.4 Å². The number of amides is 7. The number of ether oxygens (including phenoxy) is 1. The quantitative estimate of drug-likeness (QED) is 0.0806. The molecular formula is C43H39N7O8. The van der Waals surface area contributed by atoms with Gasteiger partial charge >= 0.3 is 0 Å². The second-order valence-electron chi connectivity index (χ2n) is 13.7. The van der Waals surface area contributed by atoms with Gasteiger partial charge in [0, 0.05) is 49.4 Å². The summed E-state index contributed by atoms with van der Waals surface area (Å²) < 4.78 is 5.62. The molecule has 5 aromatic rings. The van der Waals surface area contributed by atoms with Crippen molar-refractivity contribution in [2.45, 2.75) is 31.7 Å². The van der Waals surface area contributed by atoms with Crippen molar-refractivity contribution >= 4 is 63.6 Å². The summed E-state index contributed by atoms with van der Waals surface area (Å²) in [5.41, 5.74) is 4.84. The molecule has 0 radical (unpaired) electrons. The summed E-state index contributed by atoms with van der Waals surface area (Å²) in [6.45, 7) is 0.280. The van der Waals surface area contributed by atoms with Crippen LogP contribution in [0.2, 0.25) is 0 Å². The fourth-order valence-electron chi connectivity index (χ4n) is 6.87. The third kappa shape index (κ3) is 8.23. The van der Waals surface area contributed by atoms with Gasteiger partial charge in [0.25, 0.3) is 29.5 Å². The van der Waals surface area contributed by atoms with E-state index in [1.807, 2.05) is 60.7 Å². The molecule has 2 aliphatic heterocycles. The zero-order valence-corrected chi connectivity index (χ0v) is 31.4. The molecule has 1 unspecified atom stereocenters. The number of imide groups is 2. The molecule has 7 amide bonds. The summed E-state index contributed by atoms with van der Waals surface area (Å²) in [4.78, 5) is 93.7. The predicted octanol–water partition coefficient (Wildman–Crippen LogP) is 4.11. The highest BCUT2D eigenvalue weighted by molar-refractivity contribution is 6.24. The molecule has 294 valence electrons. The molecule has 3 heterocycles. The lowest BCUT2D eigenvalue weighted by Gasteiger charge is -2.27. The van der Waals surface area contributed by atoms with Crippen molar-refractivity contribution in [1.82, 2.24) is 31.2 Å². The maximum absolute atomic E-state index is 13.2. The molecule has 1 aromatic heterocycles. The summed E-state index contributed by atoms with van der Waals surface area (Å²) in [6, 6.07) is 25.9. The Bertz CT molecular complexity index is 2450. The van der Waals surface area contributed by atoms with E-state index in [0.717, 1.165) is 27.1 Å². The maximum atomic E-state index is 13.2. The van der Waals surface area contributed by atoms with Crippen LogP contribution < -0.4 is 31.3 Å². The Morgan fingerprint density at radius 1 is 0.828 bits per heavy atom. The lowest BCUT2D eigenvalue weighted by atomic mass is 9.99. The second kappa shape index (κ2) is 17.2. The Hall–Kier alpha value is -7.42. The van der Waals surface area contributed by atoms with Gasteiger partial charge in [-0.2, -0.15) is 0 Å². The lowest BCUT2D eigenvalue weighted by molar-refractivity contribution is -0.136. The maximum Gasteiger partial charge on any atom is 0.266 e. The number of hydrogen-bond donors (Lipinski definition) is 5. The summed E-state index contributed by atoms with van der Waals surface area (Å²) in [6.07, 6.45) is 2.74. The monoisotopic (exact) mass is 781 g/mol. The number of carbonyl (C=O) groups excluding carboxylic acids is 7. The molecule has 0 aliphatic carbocycles. The van der Waals surface area contributed by atoms with Crippen LogP contribution in [0.25, 0.3) is 22.0 Å².